The molecule has 0 unspecified atom stereocenters. The van der Waals surface area contributed by atoms with Crippen molar-refractivity contribution in [3.8, 4) is 0 Å². The minimum Gasteiger partial charge on any atom is -0.354 e. The van der Waals surface area contributed by atoms with E-state index in [1.807, 2.05) is 37.1 Å². The van der Waals surface area contributed by atoms with Crippen LogP contribution >= 0.6 is 0 Å². The van der Waals surface area contributed by atoms with Gasteiger partial charge in [0.15, 0.2) is 0 Å². The standard InChI is InChI=1S/C23H27N5/c1-19-17-22(25-23(24-19)26(2)21-11-7-4-8-12-21)28-15-13-27(14-16-28)18-20-9-5-3-6-10-20/h3-12,17H,13-16,18H2,1-2H3. The van der Waals surface area contributed by atoms with Gasteiger partial charge < -0.3 is 9.80 Å². The number of anilines is 3. The summed E-state index contributed by atoms with van der Waals surface area (Å²) in [6.07, 6.45) is 0. The molecule has 5 nitrogen and oxygen atoms in total. The molecule has 4 rings (SSSR count). The molecule has 2 aromatic carbocycles. The van der Waals surface area contributed by atoms with Gasteiger partial charge in [-0.15, -0.1) is 0 Å². The fourth-order valence-electron chi connectivity index (χ4n) is 3.59. The molecule has 1 aliphatic heterocycles. The average Bonchev–Trinajstić information content (AvgIpc) is 2.75. The molecule has 2 heterocycles. The zero-order chi connectivity index (χ0) is 19.3. The molecule has 1 fully saturated rings. The van der Waals surface area contributed by atoms with Gasteiger partial charge >= 0.3 is 0 Å². The lowest BCUT2D eigenvalue weighted by atomic mass is 10.2. The topological polar surface area (TPSA) is 35.5 Å². The zero-order valence-corrected chi connectivity index (χ0v) is 16.6. The Morgan fingerprint density at radius 2 is 1.50 bits per heavy atom. The molecule has 1 saturated heterocycles. The maximum Gasteiger partial charge on any atom is 0.231 e. The predicted octanol–water partition coefficient (Wildman–Crippen LogP) is 3.88. The molecule has 144 valence electrons. The third-order valence-corrected chi connectivity index (χ3v) is 5.22. The van der Waals surface area contributed by atoms with Gasteiger partial charge in [0.05, 0.1) is 0 Å². The molecule has 0 N–H and O–H groups in total. The molecule has 0 amide bonds. The molecule has 1 aliphatic rings. The zero-order valence-electron chi connectivity index (χ0n) is 16.6. The summed E-state index contributed by atoms with van der Waals surface area (Å²) in [7, 11) is 2.02. The molecule has 0 spiro atoms. The van der Waals surface area contributed by atoms with Crippen molar-refractivity contribution in [2.75, 3.05) is 43.0 Å². The van der Waals surface area contributed by atoms with Crippen LogP contribution in [-0.2, 0) is 6.54 Å². The Kier molecular flexibility index (Phi) is 5.53. The number of piperazine rings is 1. The molecular weight excluding hydrogens is 346 g/mol. The first-order valence-corrected chi connectivity index (χ1v) is 9.85. The van der Waals surface area contributed by atoms with Gasteiger partial charge in [0.1, 0.15) is 5.82 Å². The van der Waals surface area contributed by atoms with Crippen molar-refractivity contribution >= 4 is 17.5 Å². The van der Waals surface area contributed by atoms with Crippen molar-refractivity contribution in [2.24, 2.45) is 0 Å². The lowest BCUT2D eigenvalue weighted by Gasteiger charge is -2.35. The van der Waals surface area contributed by atoms with Gasteiger partial charge in [-0.25, -0.2) is 4.98 Å². The summed E-state index contributed by atoms with van der Waals surface area (Å²) in [6, 6.07) is 23.0. The summed E-state index contributed by atoms with van der Waals surface area (Å²) in [5.41, 5.74) is 3.46. The lowest BCUT2D eigenvalue weighted by molar-refractivity contribution is 0.249. The summed E-state index contributed by atoms with van der Waals surface area (Å²) >= 11 is 0. The monoisotopic (exact) mass is 373 g/mol. The van der Waals surface area contributed by atoms with E-state index < -0.39 is 0 Å². The van der Waals surface area contributed by atoms with E-state index in [9.17, 15) is 0 Å². The first-order chi connectivity index (χ1) is 13.7. The van der Waals surface area contributed by atoms with E-state index in [-0.39, 0.29) is 0 Å². The third kappa shape index (κ3) is 4.31. The summed E-state index contributed by atoms with van der Waals surface area (Å²) in [5.74, 6) is 1.76. The molecule has 1 aromatic heterocycles. The molecule has 0 atom stereocenters. The van der Waals surface area contributed by atoms with E-state index in [2.05, 4.69) is 63.3 Å². The van der Waals surface area contributed by atoms with Crippen molar-refractivity contribution in [3.63, 3.8) is 0 Å². The van der Waals surface area contributed by atoms with E-state index in [1.165, 1.54) is 5.56 Å². The number of para-hydroxylation sites is 1. The molecule has 0 saturated carbocycles. The van der Waals surface area contributed by atoms with Gasteiger partial charge in [-0.05, 0) is 24.6 Å². The Morgan fingerprint density at radius 3 is 2.18 bits per heavy atom. The maximum absolute atomic E-state index is 4.86. The van der Waals surface area contributed by atoms with Crippen molar-refractivity contribution in [1.29, 1.82) is 0 Å². The molecule has 0 aliphatic carbocycles. The lowest BCUT2D eigenvalue weighted by Crippen LogP contribution is -2.46. The molecule has 5 heteroatoms. The fraction of sp³-hybridized carbons (Fsp3) is 0.304. The molecule has 0 bridgehead atoms. The van der Waals surface area contributed by atoms with Crippen LogP contribution in [0.15, 0.2) is 66.7 Å². The summed E-state index contributed by atoms with van der Waals surface area (Å²) < 4.78 is 0. The van der Waals surface area contributed by atoms with E-state index in [0.29, 0.717) is 0 Å². The van der Waals surface area contributed by atoms with Crippen LogP contribution in [0.2, 0.25) is 0 Å². The van der Waals surface area contributed by atoms with Crippen molar-refractivity contribution < 1.29 is 0 Å². The van der Waals surface area contributed by atoms with E-state index in [4.69, 9.17) is 4.98 Å². The van der Waals surface area contributed by atoms with Crippen LogP contribution in [0, 0.1) is 6.92 Å². The summed E-state index contributed by atoms with van der Waals surface area (Å²) in [4.78, 5) is 16.4. The van der Waals surface area contributed by atoms with Gasteiger partial charge in [-0.2, -0.15) is 4.98 Å². The van der Waals surface area contributed by atoms with Gasteiger partial charge in [0.25, 0.3) is 0 Å². The Balaban J connectivity index is 1.44. The number of rotatable bonds is 5. The molecular formula is C23H27N5. The highest BCUT2D eigenvalue weighted by molar-refractivity contribution is 5.58. The Labute approximate surface area is 167 Å². The molecule has 0 radical (unpaired) electrons. The largest absolute Gasteiger partial charge is 0.354 e. The number of benzene rings is 2. The van der Waals surface area contributed by atoms with E-state index in [0.717, 1.165) is 55.9 Å². The van der Waals surface area contributed by atoms with Crippen LogP contribution < -0.4 is 9.80 Å². The minimum absolute atomic E-state index is 0.743. The van der Waals surface area contributed by atoms with E-state index >= 15 is 0 Å². The van der Waals surface area contributed by atoms with Crippen LogP contribution in [0.5, 0.6) is 0 Å². The number of hydrogen-bond acceptors (Lipinski definition) is 5. The predicted molar refractivity (Wildman–Crippen MR) is 115 cm³/mol. The molecule has 3 aromatic rings. The minimum atomic E-state index is 0.743. The summed E-state index contributed by atoms with van der Waals surface area (Å²) in [5, 5.41) is 0. The van der Waals surface area contributed by atoms with Gasteiger partial charge in [0.2, 0.25) is 5.95 Å². The second-order valence-electron chi connectivity index (χ2n) is 7.31. The van der Waals surface area contributed by atoms with Crippen LogP contribution in [0.4, 0.5) is 17.5 Å². The fourth-order valence-corrected chi connectivity index (χ4v) is 3.59. The van der Waals surface area contributed by atoms with Gasteiger partial charge in [-0.1, -0.05) is 48.5 Å². The van der Waals surface area contributed by atoms with E-state index in [1.54, 1.807) is 0 Å². The smallest absolute Gasteiger partial charge is 0.231 e. The SMILES string of the molecule is Cc1cc(N2CCN(Cc3ccccc3)CC2)nc(N(C)c2ccccc2)n1. The maximum atomic E-state index is 4.86. The second-order valence-corrected chi connectivity index (χ2v) is 7.31. The number of aromatic nitrogens is 2. The first kappa shape index (κ1) is 18.4. The van der Waals surface area contributed by atoms with Gasteiger partial charge in [0, 0.05) is 57.2 Å². The second kappa shape index (κ2) is 8.40. The average molecular weight is 374 g/mol. The Hall–Kier alpha value is -2.92. The third-order valence-electron chi connectivity index (χ3n) is 5.22. The van der Waals surface area contributed by atoms with Crippen molar-refractivity contribution in [1.82, 2.24) is 14.9 Å². The van der Waals surface area contributed by atoms with Crippen molar-refractivity contribution in [2.45, 2.75) is 13.5 Å². The highest BCUT2D eigenvalue weighted by Gasteiger charge is 2.20. The van der Waals surface area contributed by atoms with Crippen LogP contribution in [0.25, 0.3) is 0 Å². The van der Waals surface area contributed by atoms with Crippen LogP contribution in [0.3, 0.4) is 0 Å². The quantitative estimate of drug-likeness (QED) is 0.678. The highest BCUT2D eigenvalue weighted by Crippen LogP contribution is 2.23. The van der Waals surface area contributed by atoms with Gasteiger partial charge in [-0.3, -0.25) is 4.90 Å². The van der Waals surface area contributed by atoms with Crippen LogP contribution in [0.1, 0.15) is 11.3 Å². The summed E-state index contributed by atoms with van der Waals surface area (Å²) in [6.45, 7) is 7.11. The first-order valence-electron chi connectivity index (χ1n) is 9.85. The van der Waals surface area contributed by atoms with Crippen LogP contribution in [-0.4, -0.2) is 48.1 Å². The number of hydrogen-bond donors (Lipinski definition) is 0. The van der Waals surface area contributed by atoms with Crippen molar-refractivity contribution in [3.05, 3.63) is 78.0 Å². The Morgan fingerprint density at radius 1 is 0.857 bits per heavy atom. The number of nitrogens with zero attached hydrogens (tertiary/aromatic N) is 5. The highest BCUT2D eigenvalue weighted by atomic mass is 15.3. The molecule has 28 heavy (non-hydrogen) atoms. The number of aryl methyl sites for hydroxylation is 1. The normalized spacial score (nSPS) is 14.9. The Bertz CT molecular complexity index is 889.